The van der Waals surface area contributed by atoms with Gasteiger partial charge in [0.25, 0.3) is 5.91 Å². The number of carbonyl (C=O) groups is 1. The second kappa shape index (κ2) is 7.48. The first-order valence-electron chi connectivity index (χ1n) is 8.98. The Bertz CT molecular complexity index is 1060. The zero-order valence-corrected chi connectivity index (χ0v) is 15.7. The Balaban J connectivity index is 1.55. The zero-order valence-electron chi connectivity index (χ0n) is 15.7. The van der Waals surface area contributed by atoms with Crippen molar-refractivity contribution < 1.29 is 18.3 Å². The summed E-state index contributed by atoms with van der Waals surface area (Å²) in [7, 11) is 0. The van der Waals surface area contributed by atoms with Crippen molar-refractivity contribution in [2.45, 2.75) is 12.5 Å². The number of pyridine rings is 1. The molecule has 148 valence electrons. The van der Waals surface area contributed by atoms with Gasteiger partial charge in [0.05, 0.1) is 12.9 Å². The number of hydrogen-bond acceptors (Lipinski definition) is 6. The minimum absolute atomic E-state index is 0.192. The van der Waals surface area contributed by atoms with Gasteiger partial charge in [0.15, 0.2) is 0 Å². The largest absolute Gasteiger partial charge is 0.464 e. The van der Waals surface area contributed by atoms with Gasteiger partial charge < -0.3 is 20.2 Å². The number of nitrogens with two attached hydrogens (primary N) is 1. The van der Waals surface area contributed by atoms with Crippen LogP contribution in [0.1, 0.15) is 23.0 Å². The number of aromatic nitrogens is 1. The standard InChI is InChI=1S/C21H19FN4O3/c1-21(12-28-11-19(23)26-21)15-9-14(5-6-16(15)22)25-20(27)17-7-4-13(10-24-17)18-3-2-8-29-18/h2-10H,11-12H2,1H3,(H2,23,26)(H,25,27). The molecule has 7 nitrogen and oxygen atoms in total. The Morgan fingerprint density at radius 2 is 2.14 bits per heavy atom. The lowest BCUT2D eigenvalue weighted by atomic mass is 9.92. The number of carbonyl (C=O) groups excluding carboxylic acids is 1. The van der Waals surface area contributed by atoms with Crippen molar-refractivity contribution >= 4 is 17.4 Å². The molecule has 4 rings (SSSR count). The highest BCUT2D eigenvalue weighted by Crippen LogP contribution is 2.32. The summed E-state index contributed by atoms with van der Waals surface area (Å²) < 4.78 is 25.2. The van der Waals surface area contributed by atoms with E-state index in [0.717, 1.165) is 5.56 Å². The second-order valence-electron chi connectivity index (χ2n) is 6.93. The van der Waals surface area contributed by atoms with Crippen LogP contribution in [0.25, 0.3) is 11.3 Å². The third-order valence-electron chi connectivity index (χ3n) is 4.63. The topological polar surface area (TPSA) is 103 Å². The molecule has 1 aliphatic rings. The number of furan rings is 1. The molecule has 1 atom stereocenters. The van der Waals surface area contributed by atoms with E-state index in [1.807, 2.05) is 6.07 Å². The van der Waals surface area contributed by atoms with Gasteiger partial charge in [0.2, 0.25) is 0 Å². The van der Waals surface area contributed by atoms with Crippen LogP contribution in [-0.2, 0) is 10.3 Å². The summed E-state index contributed by atoms with van der Waals surface area (Å²) in [4.78, 5) is 21.1. The molecular weight excluding hydrogens is 375 g/mol. The lowest BCUT2D eigenvalue weighted by molar-refractivity contribution is 0.102. The van der Waals surface area contributed by atoms with Crippen molar-refractivity contribution in [2.24, 2.45) is 10.7 Å². The maximum Gasteiger partial charge on any atom is 0.274 e. The summed E-state index contributed by atoms with van der Waals surface area (Å²) in [6.07, 6.45) is 3.12. The molecule has 8 heteroatoms. The molecule has 3 aromatic rings. The number of halogens is 1. The predicted octanol–water partition coefficient (Wildman–Crippen LogP) is 3.34. The molecular formula is C21H19FN4O3. The van der Waals surface area contributed by atoms with Crippen LogP contribution in [0.2, 0.25) is 0 Å². The van der Waals surface area contributed by atoms with Crippen LogP contribution in [0.15, 0.2) is 64.3 Å². The van der Waals surface area contributed by atoms with Crippen LogP contribution in [-0.4, -0.2) is 29.9 Å². The Labute approximate surface area is 166 Å². The molecule has 0 bridgehead atoms. The number of aliphatic imine (C=N–C) groups is 1. The molecule has 0 spiro atoms. The Morgan fingerprint density at radius 1 is 1.28 bits per heavy atom. The summed E-state index contributed by atoms with van der Waals surface area (Å²) in [6.45, 7) is 2.14. The number of anilines is 1. The molecule has 1 amide bonds. The normalized spacial score (nSPS) is 18.9. The molecule has 29 heavy (non-hydrogen) atoms. The van der Waals surface area contributed by atoms with Gasteiger partial charge in [0.1, 0.15) is 35.3 Å². The molecule has 0 radical (unpaired) electrons. The lowest BCUT2D eigenvalue weighted by Crippen LogP contribution is -2.38. The first kappa shape index (κ1) is 18.8. The highest BCUT2D eigenvalue weighted by molar-refractivity contribution is 6.03. The smallest absolute Gasteiger partial charge is 0.274 e. The first-order valence-corrected chi connectivity index (χ1v) is 8.98. The maximum atomic E-state index is 14.5. The van der Waals surface area contributed by atoms with Crippen molar-refractivity contribution in [2.75, 3.05) is 18.5 Å². The number of amides is 1. The zero-order chi connectivity index (χ0) is 20.4. The highest BCUT2D eigenvalue weighted by Gasteiger charge is 2.33. The molecule has 1 aliphatic heterocycles. The second-order valence-corrected chi connectivity index (χ2v) is 6.93. The summed E-state index contributed by atoms with van der Waals surface area (Å²) in [6, 6.07) is 11.2. The Kier molecular flexibility index (Phi) is 4.85. The number of ether oxygens (including phenoxy) is 1. The number of nitrogens with one attached hydrogen (secondary N) is 1. The fraction of sp³-hybridized carbons (Fsp3) is 0.190. The van der Waals surface area contributed by atoms with E-state index in [1.54, 1.807) is 37.6 Å². The fourth-order valence-corrected chi connectivity index (χ4v) is 3.20. The third-order valence-corrected chi connectivity index (χ3v) is 4.63. The van der Waals surface area contributed by atoms with Gasteiger partial charge in [-0.1, -0.05) is 0 Å². The number of benzene rings is 1. The van der Waals surface area contributed by atoms with E-state index >= 15 is 0 Å². The predicted molar refractivity (Wildman–Crippen MR) is 106 cm³/mol. The molecule has 0 saturated carbocycles. The summed E-state index contributed by atoms with van der Waals surface area (Å²) in [5, 5.41) is 2.74. The summed E-state index contributed by atoms with van der Waals surface area (Å²) >= 11 is 0. The molecule has 3 N–H and O–H groups in total. The number of nitrogens with zero attached hydrogens (tertiary/aromatic N) is 2. The van der Waals surface area contributed by atoms with Gasteiger partial charge in [0, 0.05) is 23.0 Å². The number of hydrogen-bond donors (Lipinski definition) is 2. The monoisotopic (exact) mass is 394 g/mol. The molecule has 1 unspecified atom stereocenters. The molecule has 0 saturated heterocycles. The Morgan fingerprint density at radius 3 is 2.83 bits per heavy atom. The van der Waals surface area contributed by atoms with Gasteiger partial charge in [-0.25, -0.2) is 4.39 Å². The van der Waals surface area contributed by atoms with Crippen LogP contribution in [0.4, 0.5) is 10.1 Å². The van der Waals surface area contributed by atoms with Gasteiger partial charge in [-0.2, -0.15) is 0 Å². The SMILES string of the molecule is CC1(c2cc(NC(=O)c3ccc(-c4ccco4)cn3)ccc2F)COCC(N)=N1. The van der Waals surface area contributed by atoms with Crippen molar-refractivity contribution in [3.05, 3.63) is 72.0 Å². The van der Waals surface area contributed by atoms with Gasteiger partial charge in [-0.3, -0.25) is 14.8 Å². The maximum absolute atomic E-state index is 14.5. The van der Waals surface area contributed by atoms with Crippen LogP contribution in [0.3, 0.4) is 0 Å². The number of amidine groups is 1. The molecule has 2 aromatic heterocycles. The Hall–Kier alpha value is -3.52. The average Bonchev–Trinajstić information content (AvgIpc) is 3.24. The molecule has 3 heterocycles. The van der Waals surface area contributed by atoms with Crippen molar-refractivity contribution in [1.82, 2.24) is 4.98 Å². The number of rotatable bonds is 4. The van der Waals surface area contributed by atoms with Crippen LogP contribution in [0, 0.1) is 5.82 Å². The van der Waals surface area contributed by atoms with E-state index < -0.39 is 17.3 Å². The van der Waals surface area contributed by atoms with E-state index in [1.165, 1.54) is 18.2 Å². The molecule has 1 aromatic carbocycles. The quantitative estimate of drug-likeness (QED) is 0.707. The molecule has 0 fully saturated rings. The van der Waals surface area contributed by atoms with Crippen LogP contribution in [0.5, 0.6) is 0 Å². The minimum Gasteiger partial charge on any atom is -0.464 e. The van der Waals surface area contributed by atoms with Crippen molar-refractivity contribution in [3.63, 3.8) is 0 Å². The lowest BCUT2D eigenvalue weighted by Gasteiger charge is -2.30. The van der Waals surface area contributed by atoms with Crippen molar-refractivity contribution in [3.8, 4) is 11.3 Å². The van der Waals surface area contributed by atoms with E-state index in [-0.39, 0.29) is 18.9 Å². The fourth-order valence-electron chi connectivity index (χ4n) is 3.20. The highest BCUT2D eigenvalue weighted by atomic mass is 19.1. The van der Waals surface area contributed by atoms with Gasteiger partial charge >= 0.3 is 0 Å². The van der Waals surface area contributed by atoms with E-state index in [0.29, 0.717) is 22.8 Å². The average molecular weight is 394 g/mol. The van der Waals surface area contributed by atoms with Crippen molar-refractivity contribution in [1.29, 1.82) is 0 Å². The van der Waals surface area contributed by atoms with Gasteiger partial charge in [-0.15, -0.1) is 0 Å². The van der Waals surface area contributed by atoms with E-state index in [4.69, 9.17) is 14.9 Å². The summed E-state index contributed by atoms with van der Waals surface area (Å²) in [5.41, 5.74) is 6.49. The minimum atomic E-state index is -0.962. The molecule has 0 aliphatic carbocycles. The van der Waals surface area contributed by atoms with Crippen LogP contribution >= 0.6 is 0 Å². The van der Waals surface area contributed by atoms with Gasteiger partial charge in [-0.05, 0) is 49.4 Å². The van der Waals surface area contributed by atoms with Crippen LogP contribution < -0.4 is 11.1 Å². The third kappa shape index (κ3) is 3.88. The van der Waals surface area contributed by atoms with E-state index in [9.17, 15) is 9.18 Å². The summed E-state index contributed by atoms with van der Waals surface area (Å²) in [5.74, 6) is 0.0962. The van der Waals surface area contributed by atoms with E-state index in [2.05, 4.69) is 15.3 Å². The first-order chi connectivity index (χ1) is 13.9.